The summed E-state index contributed by atoms with van der Waals surface area (Å²) in [6.07, 6.45) is -4.42. The minimum absolute atomic E-state index is 0.0396. The van der Waals surface area contributed by atoms with E-state index < -0.39 is 17.7 Å². The van der Waals surface area contributed by atoms with Gasteiger partial charge in [-0.3, -0.25) is 4.79 Å². The molecule has 32 heavy (non-hydrogen) atoms. The van der Waals surface area contributed by atoms with E-state index in [1.54, 1.807) is 30.8 Å². The largest absolute Gasteiger partial charge is 0.497 e. The smallest absolute Gasteiger partial charge is 0.416 e. The molecule has 1 N–H and O–H groups in total. The van der Waals surface area contributed by atoms with Crippen molar-refractivity contribution >= 4 is 33.3 Å². The fourth-order valence-electron chi connectivity index (χ4n) is 4.01. The highest BCUT2D eigenvalue weighted by Gasteiger charge is 2.35. The first-order valence-electron chi connectivity index (χ1n) is 9.76. The molecule has 0 bridgehead atoms. The van der Waals surface area contributed by atoms with Crippen LogP contribution in [0.3, 0.4) is 0 Å². The van der Waals surface area contributed by atoms with E-state index in [4.69, 9.17) is 4.74 Å². The van der Waals surface area contributed by atoms with E-state index in [-0.39, 0.29) is 12.3 Å². The summed E-state index contributed by atoms with van der Waals surface area (Å²) < 4.78 is 47.5. The number of alkyl halides is 3. The van der Waals surface area contributed by atoms with E-state index >= 15 is 0 Å². The number of carbonyl (C=O) groups is 1. The van der Waals surface area contributed by atoms with E-state index in [9.17, 15) is 18.0 Å². The van der Waals surface area contributed by atoms with Gasteiger partial charge in [-0.15, -0.1) is 0 Å². The van der Waals surface area contributed by atoms with Crippen molar-refractivity contribution < 1.29 is 22.7 Å². The quantitative estimate of drug-likeness (QED) is 0.453. The van der Waals surface area contributed by atoms with Crippen LogP contribution in [0.1, 0.15) is 34.7 Å². The Labute approximate surface area is 184 Å². The zero-order valence-corrected chi connectivity index (χ0v) is 17.8. The molecule has 0 saturated heterocycles. The lowest BCUT2D eigenvalue weighted by Gasteiger charge is -2.24. The lowest BCUT2D eigenvalue weighted by molar-refractivity contribution is -0.137. The van der Waals surface area contributed by atoms with E-state index in [1.165, 1.54) is 17.4 Å². The van der Waals surface area contributed by atoms with Gasteiger partial charge in [0.15, 0.2) is 0 Å². The molecule has 6 nitrogen and oxygen atoms in total. The number of ether oxygens (including phenoxy) is 1. The minimum atomic E-state index is -4.46. The molecule has 4 aromatic rings. The van der Waals surface area contributed by atoms with Gasteiger partial charge in [-0.2, -0.15) is 23.0 Å². The molecule has 10 heteroatoms. The van der Waals surface area contributed by atoms with Crippen LogP contribution >= 0.6 is 11.3 Å². The molecule has 0 saturated carbocycles. The van der Waals surface area contributed by atoms with E-state index in [1.807, 2.05) is 12.1 Å². The van der Waals surface area contributed by atoms with Crippen LogP contribution in [0.5, 0.6) is 5.75 Å². The highest BCUT2D eigenvalue weighted by atomic mass is 32.1. The van der Waals surface area contributed by atoms with Gasteiger partial charge in [-0.05, 0) is 36.8 Å². The summed E-state index contributed by atoms with van der Waals surface area (Å²) in [5.74, 6) is 0.310. The van der Waals surface area contributed by atoms with Crippen LogP contribution in [0.2, 0.25) is 0 Å². The molecule has 0 aliphatic carbocycles. The Kier molecular flexibility index (Phi) is 4.70. The van der Waals surface area contributed by atoms with Gasteiger partial charge in [0.2, 0.25) is 11.0 Å². The topological polar surface area (TPSA) is 69.0 Å². The number of thiazole rings is 1. The van der Waals surface area contributed by atoms with Crippen molar-refractivity contribution in [3.63, 3.8) is 0 Å². The fraction of sp³-hybridized carbons (Fsp3) is 0.227. The van der Waals surface area contributed by atoms with Crippen molar-refractivity contribution in [2.75, 3.05) is 12.4 Å². The molecule has 0 radical (unpaired) electrons. The normalized spacial score (nSPS) is 16.2. The second-order valence-electron chi connectivity index (χ2n) is 7.52. The standard InChI is InChI=1S/C22H17F3N4O2S/c1-11-19-15(12-4-3-5-13(8-12)22(23,24)25)10-18(30)27-20(19)29(28-11)21-26-16-7-6-14(31-2)9-17(16)32-21/h3-9,15H,10H2,1-2H3,(H,27,30). The summed E-state index contributed by atoms with van der Waals surface area (Å²) in [7, 11) is 1.58. The van der Waals surface area contributed by atoms with Crippen LogP contribution in [0.25, 0.3) is 15.3 Å². The maximum atomic E-state index is 13.3. The molecule has 2 aromatic carbocycles. The molecule has 0 spiro atoms. The fourth-order valence-corrected chi connectivity index (χ4v) is 4.96. The summed E-state index contributed by atoms with van der Waals surface area (Å²) in [6.45, 7) is 1.78. The number of hydrogen-bond acceptors (Lipinski definition) is 5. The van der Waals surface area contributed by atoms with E-state index in [0.717, 1.165) is 22.3 Å². The van der Waals surface area contributed by atoms with Crippen molar-refractivity contribution in [3.05, 3.63) is 64.8 Å². The number of fused-ring (bicyclic) bond motifs is 2. The lowest BCUT2D eigenvalue weighted by Crippen LogP contribution is -2.25. The van der Waals surface area contributed by atoms with Crippen molar-refractivity contribution in [3.8, 4) is 10.9 Å². The summed E-state index contributed by atoms with van der Waals surface area (Å²) in [6, 6.07) is 10.6. The van der Waals surface area contributed by atoms with E-state index in [2.05, 4.69) is 15.4 Å². The Hall–Kier alpha value is -3.40. The highest BCUT2D eigenvalue weighted by Crippen LogP contribution is 2.42. The molecule has 1 atom stereocenters. The minimum Gasteiger partial charge on any atom is -0.497 e. The van der Waals surface area contributed by atoms with Gasteiger partial charge < -0.3 is 10.1 Å². The zero-order valence-electron chi connectivity index (χ0n) is 17.0. The predicted molar refractivity (Wildman–Crippen MR) is 115 cm³/mol. The third-order valence-electron chi connectivity index (χ3n) is 5.48. The van der Waals surface area contributed by atoms with Gasteiger partial charge in [0.1, 0.15) is 11.6 Å². The lowest BCUT2D eigenvalue weighted by atomic mass is 9.85. The first kappa shape index (κ1) is 20.5. The van der Waals surface area contributed by atoms with Crippen LogP contribution < -0.4 is 10.1 Å². The predicted octanol–water partition coefficient (Wildman–Crippen LogP) is 5.29. The monoisotopic (exact) mass is 458 g/mol. The summed E-state index contributed by atoms with van der Waals surface area (Å²) in [5.41, 5.74) is 1.75. The maximum absolute atomic E-state index is 13.3. The van der Waals surface area contributed by atoms with Gasteiger partial charge >= 0.3 is 6.18 Å². The number of nitrogens with one attached hydrogen (secondary N) is 1. The third-order valence-corrected chi connectivity index (χ3v) is 6.48. The summed E-state index contributed by atoms with van der Waals surface area (Å²) >= 11 is 1.38. The molecule has 2 aromatic heterocycles. The Morgan fingerprint density at radius 1 is 1.22 bits per heavy atom. The van der Waals surface area contributed by atoms with Crippen LogP contribution in [-0.2, 0) is 11.0 Å². The Morgan fingerprint density at radius 2 is 2.03 bits per heavy atom. The molecule has 1 unspecified atom stereocenters. The number of aromatic nitrogens is 3. The number of aryl methyl sites for hydroxylation is 1. The number of amides is 1. The molecular formula is C22H17F3N4O2S. The number of methoxy groups -OCH3 is 1. The van der Waals surface area contributed by atoms with Gasteiger partial charge in [0.05, 0.1) is 28.6 Å². The molecule has 5 rings (SSSR count). The van der Waals surface area contributed by atoms with Gasteiger partial charge in [-0.1, -0.05) is 29.5 Å². The number of halogens is 3. The van der Waals surface area contributed by atoms with Crippen molar-refractivity contribution in [2.45, 2.75) is 25.4 Å². The second kappa shape index (κ2) is 7.33. The average Bonchev–Trinajstić information content (AvgIpc) is 3.32. The summed E-state index contributed by atoms with van der Waals surface area (Å²) in [4.78, 5) is 17.1. The first-order chi connectivity index (χ1) is 15.2. The summed E-state index contributed by atoms with van der Waals surface area (Å²) in [5, 5.41) is 7.96. The average molecular weight is 458 g/mol. The molecule has 0 fully saturated rings. The number of benzene rings is 2. The Balaban J connectivity index is 1.63. The molecule has 1 amide bonds. The molecule has 1 aliphatic heterocycles. The maximum Gasteiger partial charge on any atom is 0.416 e. The Bertz CT molecular complexity index is 1360. The number of rotatable bonds is 3. The van der Waals surface area contributed by atoms with Gasteiger partial charge in [-0.25, -0.2) is 4.98 Å². The zero-order chi connectivity index (χ0) is 22.6. The Morgan fingerprint density at radius 3 is 2.78 bits per heavy atom. The number of anilines is 1. The van der Waals surface area contributed by atoms with Crippen molar-refractivity contribution in [1.82, 2.24) is 14.8 Å². The number of nitrogens with zero attached hydrogens (tertiary/aromatic N) is 3. The van der Waals surface area contributed by atoms with Crippen LogP contribution in [0, 0.1) is 6.92 Å². The van der Waals surface area contributed by atoms with E-state index in [0.29, 0.717) is 33.5 Å². The molecular weight excluding hydrogens is 441 g/mol. The number of hydrogen-bond donors (Lipinski definition) is 1. The third kappa shape index (κ3) is 3.40. The first-order valence-corrected chi connectivity index (χ1v) is 10.6. The highest BCUT2D eigenvalue weighted by molar-refractivity contribution is 7.20. The molecule has 3 heterocycles. The SMILES string of the molecule is COc1ccc2nc(-n3nc(C)c4c3NC(=O)CC4c3cccc(C(F)(F)F)c3)sc2c1. The van der Waals surface area contributed by atoms with Gasteiger partial charge in [0.25, 0.3) is 0 Å². The molecule has 164 valence electrons. The van der Waals surface area contributed by atoms with Crippen molar-refractivity contribution in [2.24, 2.45) is 0 Å². The molecule has 1 aliphatic rings. The van der Waals surface area contributed by atoms with Crippen molar-refractivity contribution in [1.29, 1.82) is 0 Å². The van der Waals surface area contributed by atoms with Crippen LogP contribution in [0.4, 0.5) is 19.0 Å². The number of carbonyl (C=O) groups excluding carboxylic acids is 1. The van der Waals surface area contributed by atoms with Crippen LogP contribution in [-0.4, -0.2) is 27.8 Å². The second-order valence-corrected chi connectivity index (χ2v) is 8.53. The van der Waals surface area contributed by atoms with Crippen LogP contribution in [0.15, 0.2) is 42.5 Å². The van der Waals surface area contributed by atoms with Gasteiger partial charge in [0, 0.05) is 17.9 Å².